The molecule has 0 bridgehead atoms. The third kappa shape index (κ3) is 1.31. The summed E-state index contributed by atoms with van der Waals surface area (Å²) >= 11 is 0. The lowest BCUT2D eigenvalue weighted by Gasteiger charge is -2.37. The molecule has 3 heteroatoms. The second-order valence-corrected chi connectivity index (χ2v) is 3.28. The number of β-amino-alcohol motifs (C(OH)–C–C–N with tert-alkyl or cyclic N) is 1. The molecule has 0 aromatic carbocycles. The molecule has 10 heavy (non-hydrogen) atoms. The predicted octanol–water partition coefficient (Wildman–Crippen LogP) is -0.661. The van der Waals surface area contributed by atoms with Gasteiger partial charge < -0.3 is 15.5 Å². The van der Waals surface area contributed by atoms with Crippen LogP contribution in [0.15, 0.2) is 0 Å². The number of aliphatic hydroxyl groups is 2. The molecule has 3 nitrogen and oxygen atoms in total. The van der Waals surface area contributed by atoms with Gasteiger partial charge in [0.1, 0.15) is 0 Å². The molecule has 2 atom stereocenters. The summed E-state index contributed by atoms with van der Waals surface area (Å²) in [6.07, 6.45) is 0.455. The van der Waals surface area contributed by atoms with E-state index in [9.17, 15) is 5.11 Å². The van der Waals surface area contributed by atoms with Gasteiger partial charge >= 0.3 is 0 Å². The number of piperidine rings is 1. The lowest BCUT2D eigenvalue weighted by Crippen LogP contribution is -2.49. The van der Waals surface area contributed by atoms with Gasteiger partial charge in [0, 0.05) is 12.0 Å². The molecule has 1 aliphatic heterocycles. The highest BCUT2D eigenvalue weighted by molar-refractivity contribution is 4.87. The third-order valence-electron chi connectivity index (χ3n) is 2.38. The van der Waals surface area contributed by atoms with Crippen LogP contribution < -0.4 is 5.32 Å². The Hall–Kier alpha value is -0.120. The van der Waals surface area contributed by atoms with Crippen LogP contribution in [0.25, 0.3) is 0 Å². The highest BCUT2D eigenvalue weighted by Gasteiger charge is 2.34. The van der Waals surface area contributed by atoms with Crippen molar-refractivity contribution >= 4 is 0 Å². The van der Waals surface area contributed by atoms with Crippen LogP contribution in [0.2, 0.25) is 0 Å². The Labute approximate surface area is 61.1 Å². The van der Waals surface area contributed by atoms with E-state index in [1.54, 1.807) is 0 Å². The van der Waals surface area contributed by atoms with Crippen LogP contribution in [0.5, 0.6) is 0 Å². The lowest BCUT2D eigenvalue weighted by molar-refractivity contribution is -0.0254. The van der Waals surface area contributed by atoms with Crippen molar-refractivity contribution in [3.8, 4) is 0 Å². The van der Waals surface area contributed by atoms with E-state index in [2.05, 4.69) is 5.32 Å². The minimum Gasteiger partial charge on any atom is -0.396 e. The Kier molecular flexibility index (Phi) is 2.28. The van der Waals surface area contributed by atoms with E-state index >= 15 is 0 Å². The van der Waals surface area contributed by atoms with Gasteiger partial charge in [0.05, 0.1) is 12.7 Å². The van der Waals surface area contributed by atoms with Crippen LogP contribution in [-0.4, -0.2) is 36.0 Å². The summed E-state index contributed by atoms with van der Waals surface area (Å²) < 4.78 is 0. The summed E-state index contributed by atoms with van der Waals surface area (Å²) in [6.45, 7) is 3.50. The summed E-state index contributed by atoms with van der Waals surface area (Å²) in [7, 11) is 0. The second kappa shape index (κ2) is 2.86. The first-order valence-electron chi connectivity index (χ1n) is 3.69. The van der Waals surface area contributed by atoms with Crippen molar-refractivity contribution in [2.24, 2.45) is 5.41 Å². The zero-order valence-corrected chi connectivity index (χ0v) is 6.30. The standard InChI is InChI=1S/C7H15NO2/c1-7(5-9)2-3-8-4-6(7)10/h6,8-10H,2-5H2,1H3. The Bertz CT molecular complexity index is 118. The van der Waals surface area contributed by atoms with Gasteiger partial charge in [-0.1, -0.05) is 6.92 Å². The van der Waals surface area contributed by atoms with Crippen molar-refractivity contribution in [3.63, 3.8) is 0 Å². The molecular formula is C7H15NO2. The van der Waals surface area contributed by atoms with Crippen LogP contribution in [0.1, 0.15) is 13.3 Å². The average molecular weight is 145 g/mol. The van der Waals surface area contributed by atoms with Gasteiger partial charge in [-0.3, -0.25) is 0 Å². The van der Waals surface area contributed by atoms with Crippen LogP contribution >= 0.6 is 0 Å². The van der Waals surface area contributed by atoms with Crippen LogP contribution in [0, 0.1) is 5.41 Å². The van der Waals surface area contributed by atoms with Crippen molar-refractivity contribution in [2.45, 2.75) is 19.4 Å². The summed E-state index contributed by atoms with van der Waals surface area (Å²) in [5, 5.41) is 21.4. The topological polar surface area (TPSA) is 52.5 Å². The van der Waals surface area contributed by atoms with Gasteiger partial charge in [0.15, 0.2) is 0 Å². The van der Waals surface area contributed by atoms with E-state index in [0.717, 1.165) is 13.0 Å². The molecule has 0 aromatic heterocycles. The molecule has 3 N–H and O–H groups in total. The lowest BCUT2D eigenvalue weighted by atomic mass is 9.79. The second-order valence-electron chi connectivity index (χ2n) is 3.28. The molecule has 1 aliphatic rings. The molecule has 0 saturated carbocycles. The zero-order chi connectivity index (χ0) is 7.61. The molecule has 0 spiro atoms. The molecule has 60 valence electrons. The first kappa shape index (κ1) is 7.98. The molecule has 0 amide bonds. The van der Waals surface area contributed by atoms with Gasteiger partial charge in [0.25, 0.3) is 0 Å². The Morgan fingerprint density at radius 1 is 1.70 bits per heavy atom. The van der Waals surface area contributed by atoms with Gasteiger partial charge in [0.2, 0.25) is 0 Å². The summed E-state index contributed by atoms with van der Waals surface area (Å²) in [5.74, 6) is 0. The van der Waals surface area contributed by atoms with Gasteiger partial charge in [-0.2, -0.15) is 0 Å². The first-order chi connectivity index (χ1) is 4.69. The molecule has 1 fully saturated rings. The minimum absolute atomic E-state index is 0.0792. The number of aliphatic hydroxyl groups excluding tert-OH is 2. The molecule has 0 radical (unpaired) electrons. The number of rotatable bonds is 1. The number of hydrogen-bond acceptors (Lipinski definition) is 3. The van der Waals surface area contributed by atoms with Crippen LogP contribution in [-0.2, 0) is 0 Å². The molecule has 0 aliphatic carbocycles. The van der Waals surface area contributed by atoms with Crippen molar-refractivity contribution < 1.29 is 10.2 Å². The Balaban J connectivity index is 2.54. The normalized spacial score (nSPS) is 41.7. The maximum absolute atomic E-state index is 9.41. The van der Waals surface area contributed by atoms with Crippen LogP contribution in [0.4, 0.5) is 0 Å². The van der Waals surface area contributed by atoms with E-state index in [0.29, 0.717) is 6.54 Å². The third-order valence-corrected chi connectivity index (χ3v) is 2.38. The smallest absolute Gasteiger partial charge is 0.0740 e. The van der Waals surface area contributed by atoms with Crippen molar-refractivity contribution in [1.29, 1.82) is 0 Å². The fraction of sp³-hybridized carbons (Fsp3) is 1.00. The molecule has 1 saturated heterocycles. The first-order valence-corrected chi connectivity index (χ1v) is 3.69. The molecule has 2 unspecified atom stereocenters. The average Bonchev–Trinajstić information content (AvgIpc) is 1.96. The minimum atomic E-state index is -0.397. The fourth-order valence-corrected chi connectivity index (χ4v) is 1.21. The molecule has 1 heterocycles. The van der Waals surface area contributed by atoms with Crippen molar-refractivity contribution in [1.82, 2.24) is 5.32 Å². The van der Waals surface area contributed by atoms with E-state index < -0.39 is 6.10 Å². The van der Waals surface area contributed by atoms with E-state index in [-0.39, 0.29) is 12.0 Å². The summed E-state index contributed by atoms with van der Waals surface area (Å²) in [6, 6.07) is 0. The SMILES string of the molecule is CC1(CO)CCNCC1O. The summed E-state index contributed by atoms with van der Waals surface area (Å²) in [5.41, 5.74) is -0.273. The quantitative estimate of drug-likeness (QED) is 0.459. The number of nitrogens with one attached hydrogen (secondary N) is 1. The highest BCUT2D eigenvalue weighted by Crippen LogP contribution is 2.26. The summed E-state index contributed by atoms with van der Waals surface area (Å²) in [4.78, 5) is 0. The molecule has 0 aromatic rings. The van der Waals surface area contributed by atoms with Crippen LogP contribution in [0.3, 0.4) is 0 Å². The largest absolute Gasteiger partial charge is 0.396 e. The van der Waals surface area contributed by atoms with E-state index in [4.69, 9.17) is 5.11 Å². The maximum atomic E-state index is 9.41. The zero-order valence-electron chi connectivity index (χ0n) is 6.30. The van der Waals surface area contributed by atoms with Gasteiger partial charge in [-0.25, -0.2) is 0 Å². The fourth-order valence-electron chi connectivity index (χ4n) is 1.21. The van der Waals surface area contributed by atoms with Gasteiger partial charge in [-0.15, -0.1) is 0 Å². The predicted molar refractivity (Wildman–Crippen MR) is 38.7 cm³/mol. The Morgan fingerprint density at radius 3 is 2.80 bits per heavy atom. The molecule has 1 rings (SSSR count). The van der Waals surface area contributed by atoms with Gasteiger partial charge in [-0.05, 0) is 13.0 Å². The highest BCUT2D eigenvalue weighted by atomic mass is 16.3. The monoisotopic (exact) mass is 145 g/mol. The maximum Gasteiger partial charge on any atom is 0.0740 e. The van der Waals surface area contributed by atoms with Crippen molar-refractivity contribution in [3.05, 3.63) is 0 Å². The van der Waals surface area contributed by atoms with Crippen molar-refractivity contribution in [2.75, 3.05) is 19.7 Å². The Morgan fingerprint density at radius 2 is 2.40 bits per heavy atom. The van der Waals surface area contributed by atoms with E-state index in [1.165, 1.54) is 0 Å². The number of hydrogen-bond donors (Lipinski definition) is 3. The molecular weight excluding hydrogens is 130 g/mol. The van der Waals surface area contributed by atoms with E-state index in [1.807, 2.05) is 6.92 Å².